The molecule has 0 aliphatic carbocycles. The lowest BCUT2D eigenvalue weighted by Crippen LogP contribution is -2.49. The first-order chi connectivity index (χ1) is 13.7. The van der Waals surface area contributed by atoms with Crippen LogP contribution in [0.1, 0.15) is 24.9 Å². The van der Waals surface area contributed by atoms with Crippen LogP contribution >= 0.6 is 35.6 Å². The Morgan fingerprint density at radius 1 is 1.41 bits per heavy atom. The van der Waals surface area contributed by atoms with Crippen LogP contribution in [0.15, 0.2) is 48.1 Å². The van der Waals surface area contributed by atoms with Gasteiger partial charge in [-0.05, 0) is 42.5 Å². The summed E-state index contributed by atoms with van der Waals surface area (Å²) in [5.41, 5.74) is 2.39. The highest BCUT2D eigenvalue weighted by atomic mass is 127. The largest absolute Gasteiger partial charge is 0.361 e. The summed E-state index contributed by atoms with van der Waals surface area (Å²) in [4.78, 5) is 14.4. The van der Waals surface area contributed by atoms with Gasteiger partial charge in [0.25, 0.3) is 0 Å². The maximum absolute atomic E-state index is 6.16. The Bertz CT molecular complexity index is 951. The van der Waals surface area contributed by atoms with Crippen molar-refractivity contribution in [1.82, 2.24) is 24.8 Å². The topological polar surface area (TPSA) is 61.2 Å². The molecule has 8 heteroatoms. The molecule has 6 nitrogen and oxygen atoms in total. The summed E-state index contributed by atoms with van der Waals surface area (Å²) in [6.45, 7) is 5.11. The van der Waals surface area contributed by atoms with Gasteiger partial charge in [0.15, 0.2) is 5.96 Å². The van der Waals surface area contributed by atoms with Crippen LogP contribution in [-0.2, 0) is 6.42 Å². The fourth-order valence-electron chi connectivity index (χ4n) is 4.09. The third-order valence-corrected chi connectivity index (χ3v) is 5.98. The van der Waals surface area contributed by atoms with Gasteiger partial charge in [-0.2, -0.15) is 0 Å². The monoisotopic (exact) mass is 526 g/mol. The minimum Gasteiger partial charge on any atom is -0.361 e. The number of nitrogens with zero attached hydrogens (tertiary/aromatic N) is 4. The molecule has 3 aromatic rings. The van der Waals surface area contributed by atoms with E-state index in [9.17, 15) is 0 Å². The molecule has 0 saturated carbocycles. The van der Waals surface area contributed by atoms with Crippen molar-refractivity contribution in [3.63, 3.8) is 0 Å². The number of nitrogens with one attached hydrogen (secondary N) is 2. The number of fused-ring (bicyclic) bond motifs is 1. The van der Waals surface area contributed by atoms with E-state index in [2.05, 4.69) is 49.1 Å². The second-order valence-electron chi connectivity index (χ2n) is 7.52. The molecule has 1 aliphatic rings. The number of benzene rings is 1. The molecule has 1 saturated heterocycles. The van der Waals surface area contributed by atoms with Crippen molar-refractivity contribution in [1.29, 1.82) is 0 Å². The third kappa shape index (κ3) is 4.88. The molecule has 3 heterocycles. The quantitative estimate of drug-likeness (QED) is 0.302. The van der Waals surface area contributed by atoms with E-state index in [1.54, 1.807) is 0 Å². The highest BCUT2D eigenvalue weighted by Gasteiger charge is 2.28. The van der Waals surface area contributed by atoms with Crippen LogP contribution in [0.5, 0.6) is 0 Å². The highest BCUT2D eigenvalue weighted by molar-refractivity contribution is 14.0. The molecule has 1 aromatic carbocycles. The summed E-state index contributed by atoms with van der Waals surface area (Å²) in [5, 5.41) is 5.50. The number of piperidine rings is 1. The third-order valence-electron chi connectivity index (χ3n) is 5.74. The van der Waals surface area contributed by atoms with Gasteiger partial charge in [0, 0.05) is 61.2 Å². The molecule has 0 bridgehead atoms. The molecular weight excluding hydrogens is 499 g/mol. The summed E-state index contributed by atoms with van der Waals surface area (Å²) >= 11 is 6.16. The average molecular weight is 527 g/mol. The van der Waals surface area contributed by atoms with E-state index in [0.717, 1.165) is 49.0 Å². The summed E-state index contributed by atoms with van der Waals surface area (Å²) in [5.74, 6) is 1.59. The molecule has 1 aliphatic heterocycles. The van der Waals surface area contributed by atoms with E-state index < -0.39 is 0 Å². The van der Waals surface area contributed by atoms with Gasteiger partial charge in [-0.25, -0.2) is 4.98 Å². The summed E-state index contributed by atoms with van der Waals surface area (Å²) in [6.07, 6.45) is 9.96. The Hall–Kier alpha value is -1.74. The average Bonchev–Trinajstić information content (AvgIpc) is 3.36. The van der Waals surface area contributed by atoms with E-state index >= 15 is 0 Å². The maximum Gasteiger partial charge on any atom is 0.193 e. The zero-order valence-corrected chi connectivity index (χ0v) is 19.9. The number of aromatic nitrogens is 3. The van der Waals surface area contributed by atoms with E-state index in [-0.39, 0.29) is 24.0 Å². The van der Waals surface area contributed by atoms with Gasteiger partial charge in [-0.1, -0.05) is 18.5 Å². The zero-order valence-electron chi connectivity index (χ0n) is 16.8. The van der Waals surface area contributed by atoms with Gasteiger partial charge in [0.05, 0.1) is 12.4 Å². The Morgan fingerprint density at radius 3 is 3.03 bits per heavy atom. The van der Waals surface area contributed by atoms with Gasteiger partial charge >= 0.3 is 0 Å². The SMILES string of the molecule is CN=C(NCCc1c[nH]c2ccc(Cl)cc12)N1CCC(C)C(n2ccnc2)C1.I. The van der Waals surface area contributed by atoms with Crippen LogP contribution < -0.4 is 5.32 Å². The van der Waals surface area contributed by atoms with Crippen LogP contribution in [0, 0.1) is 5.92 Å². The molecular formula is C21H28ClIN6. The number of imidazole rings is 1. The van der Waals surface area contributed by atoms with Crippen LogP contribution in [0.2, 0.25) is 5.02 Å². The lowest BCUT2D eigenvalue weighted by molar-refractivity contribution is 0.189. The van der Waals surface area contributed by atoms with Gasteiger partial charge in [-0.3, -0.25) is 4.99 Å². The lowest BCUT2D eigenvalue weighted by atomic mass is 9.93. The van der Waals surface area contributed by atoms with E-state index in [1.165, 1.54) is 10.9 Å². The van der Waals surface area contributed by atoms with Gasteiger partial charge < -0.3 is 19.8 Å². The fraction of sp³-hybridized carbons (Fsp3) is 0.429. The predicted molar refractivity (Wildman–Crippen MR) is 130 cm³/mol. The lowest BCUT2D eigenvalue weighted by Gasteiger charge is -2.39. The highest BCUT2D eigenvalue weighted by Crippen LogP contribution is 2.27. The number of rotatable bonds is 4. The zero-order chi connectivity index (χ0) is 19.5. The molecule has 4 rings (SSSR count). The van der Waals surface area contributed by atoms with Crippen molar-refractivity contribution < 1.29 is 0 Å². The smallest absolute Gasteiger partial charge is 0.193 e. The molecule has 29 heavy (non-hydrogen) atoms. The molecule has 1 fully saturated rings. The molecule has 2 atom stereocenters. The Labute approximate surface area is 193 Å². The van der Waals surface area contributed by atoms with Crippen molar-refractivity contribution >= 4 is 52.4 Å². The van der Waals surface area contributed by atoms with Crippen molar-refractivity contribution in [3.05, 3.63) is 53.7 Å². The van der Waals surface area contributed by atoms with Crippen molar-refractivity contribution in [3.8, 4) is 0 Å². The first-order valence-corrected chi connectivity index (χ1v) is 10.2. The van der Waals surface area contributed by atoms with Crippen LogP contribution in [-0.4, -0.2) is 52.1 Å². The molecule has 2 N–H and O–H groups in total. The fourth-order valence-corrected chi connectivity index (χ4v) is 4.27. The molecule has 0 radical (unpaired) electrons. The Balaban J connectivity index is 0.00000240. The summed E-state index contributed by atoms with van der Waals surface area (Å²) < 4.78 is 2.22. The molecule has 2 aromatic heterocycles. The van der Waals surface area contributed by atoms with E-state index in [4.69, 9.17) is 11.6 Å². The van der Waals surface area contributed by atoms with Crippen LogP contribution in [0.3, 0.4) is 0 Å². The first-order valence-electron chi connectivity index (χ1n) is 9.84. The second-order valence-corrected chi connectivity index (χ2v) is 7.95. The van der Waals surface area contributed by atoms with Crippen molar-refractivity contribution in [2.24, 2.45) is 10.9 Å². The summed E-state index contributed by atoms with van der Waals surface area (Å²) in [7, 11) is 1.86. The molecule has 156 valence electrons. The minimum atomic E-state index is 0. The minimum absolute atomic E-state index is 0. The number of H-pyrrole nitrogens is 1. The van der Waals surface area contributed by atoms with Crippen molar-refractivity contribution in [2.75, 3.05) is 26.7 Å². The van der Waals surface area contributed by atoms with Crippen molar-refractivity contribution in [2.45, 2.75) is 25.8 Å². The number of halogens is 2. The number of aliphatic imine (C=N–C) groups is 1. The Kier molecular flexibility index (Phi) is 7.45. The number of likely N-dealkylation sites (tertiary alicyclic amines) is 1. The predicted octanol–water partition coefficient (Wildman–Crippen LogP) is 4.34. The molecule has 0 spiro atoms. The van der Waals surface area contributed by atoms with E-state index in [1.807, 2.05) is 37.8 Å². The standard InChI is InChI=1S/C21H27ClN6.HI/c1-15-6-9-27(13-20(15)28-10-8-24-14-28)21(23-2)25-7-5-16-12-26-19-4-3-17(22)11-18(16)19;/h3-4,8,10-12,14-15,20,26H,5-7,9,13H2,1-2H3,(H,23,25);1H. The van der Waals surface area contributed by atoms with Gasteiger partial charge in [0.1, 0.15) is 0 Å². The summed E-state index contributed by atoms with van der Waals surface area (Å²) in [6, 6.07) is 6.39. The number of hydrogen-bond donors (Lipinski definition) is 2. The number of guanidine groups is 1. The number of aromatic amines is 1. The number of hydrogen-bond acceptors (Lipinski definition) is 2. The molecule has 2 unspecified atom stereocenters. The van der Waals surface area contributed by atoms with Crippen LogP contribution in [0.25, 0.3) is 10.9 Å². The second kappa shape index (κ2) is 9.84. The molecule has 0 amide bonds. The van der Waals surface area contributed by atoms with E-state index in [0.29, 0.717) is 12.0 Å². The Morgan fingerprint density at radius 2 is 2.28 bits per heavy atom. The van der Waals surface area contributed by atoms with Gasteiger partial charge in [-0.15, -0.1) is 24.0 Å². The van der Waals surface area contributed by atoms with Gasteiger partial charge in [0.2, 0.25) is 0 Å². The maximum atomic E-state index is 6.16. The first kappa shape index (κ1) is 22.0. The normalized spacial score (nSPS) is 20.0. The van der Waals surface area contributed by atoms with Crippen LogP contribution in [0.4, 0.5) is 0 Å².